The van der Waals surface area contributed by atoms with Gasteiger partial charge < -0.3 is 9.84 Å². The number of carboxylic acids is 1. The molecule has 0 aliphatic heterocycles. The average molecular weight is 380 g/mol. The van der Waals surface area contributed by atoms with E-state index in [1.807, 2.05) is 54.6 Å². The fourth-order valence-corrected chi connectivity index (χ4v) is 2.94. The first-order valence-electron chi connectivity index (χ1n) is 8.07. The molecule has 0 atom stereocenters. The van der Waals surface area contributed by atoms with Crippen molar-refractivity contribution in [1.82, 2.24) is 4.98 Å². The van der Waals surface area contributed by atoms with E-state index in [2.05, 4.69) is 10.3 Å². The molecule has 0 radical (unpaired) electrons. The van der Waals surface area contributed by atoms with Gasteiger partial charge in [-0.3, -0.25) is 14.9 Å². The molecule has 0 aliphatic carbocycles. The number of aliphatic carboxylic acids is 1. The van der Waals surface area contributed by atoms with E-state index in [0.717, 1.165) is 11.3 Å². The lowest BCUT2D eigenvalue weighted by molar-refractivity contribution is -0.136. The first-order valence-corrected chi connectivity index (χ1v) is 8.95. The topological polar surface area (TPSA) is 88.5 Å². The van der Waals surface area contributed by atoms with E-state index in [0.29, 0.717) is 16.6 Å². The van der Waals surface area contributed by atoms with Crippen molar-refractivity contribution in [2.75, 3.05) is 5.32 Å². The zero-order valence-corrected chi connectivity index (χ0v) is 15.0. The van der Waals surface area contributed by atoms with Gasteiger partial charge in [-0.1, -0.05) is 30.3 Å². The fourth-order valence-electron chi connectivity index (χ4n) is 2.23. The molecule has 0 saturated heterocycles. The molecule has 136 valence electrons. The minimum Gasteiger partial charge on any atom is -0.481 e. The third-order valence-corrected chi connectivity index (χ3v) is 4.18. The predicted molar refractivity (Wildman–Crippen MR) is 104 cm³/mol. The van der Waals surface area contributed by atoms with Gasteiger partial charge >= 0.3 is 5.97 Å². The molecular weight excluding hydrogens is 364 g/mol. The molecule has 6 nitrogen and oxygen atoms in total. The number of anilines is 1. The highest BCUT2D eigenvalue weighted by atomic mass is 32.1. The van der Waals surface area contributed by atoms with Gasteiger partial charge in [-0.15, -0.1) is 11.3 Å². The number of ether oxygens (including phenoxy) is 1. The zero-order valence-electron chi connectivity index (χ0n) is 14.2. The number of benzene rings is 2. The summed E-state index contributed by atoms with van der Waals surface area (Å²) in [5.74, 6) is 0.0931. The molecule has 0 fully saturated rings. The van der Waals surface area contributed by atoms with Gasteiger partial charge in [-0.05, 0) is 35.9 Å². The van der Waals surface area contributed by atoms with Gasteiger partial charge in [0, 0.05) is 11.5 Å². The van der Waals surface area contributed by atoms with Crippen molar-refractivity contribution in [2.45, 2.75) is 6.42 Å². The molecule has 0 bridgehead atoms. The number of carbonyl (C=O) groups is 2. The van der Waals surface area contributed by atoms with E-state index in [1.54, 1.807) is 11.5 Å². The molecule has 1 amide bonds. The van der Waals surface area contributed by atoms with Crippen molar-refractivity contribution in [3.8, 4) is 11.5 Å². The zero-order chi connectivity index (χ0) is 19.1. The van der Waals surface area contributed by atoms with Crippen molar-refractivity contribution in [3.63, 3.8) is 0 Å². The molecule has 1 aromatic heterocycles. The fraction of sp³-hybridized carbons (Fsp3) is 0.0500. The number of carboxylic acid groups (broad SMARTS) is 1. The monoisotopic (exact) mass is 380 g/mol. The maximum Gasteiger partial charge on any atom is 0.309 e. The summed E-state index contributed by atoms with van der Waals surface area (Å²) in [7, 11) is 0. The summed E-state index contributed by atoms with van der Waals surface area (Å²) in [5, 5.41) is 13.3. The Bertz CT molecular complexity index is 967. The highest BCUT2D eigenvalue weighted by molar-refractivity contribution is 7.14. The van der Waals surface area contributed by atoms with Crippen molar-refractivity contribution >= 4 is 34.4 Å². The summed E-state index contributed by atoms with van der Waals surface area (Å²) in [4.78, 5) is 26.7. The van der Waals surface area contributed by atoms with E-state index >= 15 is 0 Å². The molecule has 3 rings (SSSR count). The van der Waals surface area contributed by atoms with E-state index in [1.165, 1.54) is 17.4 Å². The normalized spacial score (nSPS) is 10.7. The number of hydrogen-bond acceptors (Lipinski definition) is 5. The van der Waals surface area contributed by atoms with Crippen molar-refractivity contribution in [3.05, 3.63) is 77.3 Å². The third kappa shape index (κ3) is 5.79. The van der Waals surface area contributed by atoms with Crippen LogP contribution < -0.4 is 10.1 Å². The summed E-state index contributed by atoms with van der Waals surface area (Å²) in [5.41, 5.74) is 1.22. The van der Waals surface area contributed by atoms with Gasteiger partial charge in [-0.2, -0.15) is 0 Å². The van der Waals surface area contributed by atoms with Gasteiger partial charge in [0.1, 0.15) is 11.5 Å². The van der Waals surface area contributed by atoms with Gasteiger partial charge in [0.15, 0.2) is 5.13 Å². The van der Waals surface area contributed by atoms with E-state index in [4.69, 9.17) is 9.84 Å². The highest BCUT2D eigenvalue weighted by Crippen LogP contribution is 2.22. The van der Waals surface area contributed by atoms with Crippen LogP contribution in [0.15, 0.2) is 66.1 Å². The summed E-state index contributed by atoms with van der Waals surface area (Å²) >= 11 is 1.18. The maximum atomic E-state index is 12.0. The molecular formula is C20H16N2O4S. The number of amides is 1. The molecule has 3 aromatic rings. The number of rotatable bonds is 7. The summed E-state index contributed by atoms with van der Waals surface area (Å²) in [6.07, 6.45) is 2.88. The third-order valence-electron chi connectivity index (χ3n) is 3.38. The Morgan fingerprint density at radius 2 is 1.89 bits per heavy atom. The van der Waals surface area contributed by atoms with Crippen molar-refractivity contribution in [1.29, 1.82) is 0 Å². The molecule has 0 aliphatic rings. The Hall–Kier alpha value is -3.45. The van der Waals surface area contributed by atoms with Crippen LogP contribution in [0.4, 0.5) is 5.13 Å². The number of hydrogen-bond donors (Lipinski definition) is 2. The van der Waals surface area contributed by atoms with Crippen LogP contribution in [0, 0.1) is 0 Å². The Kier molecular flexibility index (Phi) is 5.96. The quantitative estimate of drug-likeness (QED) is 0.599. The van der Waals surface area contributed by atoms with Gasteiger partial charge in [0.25, 0.3) is 0 Å². The lowest BCUT2D eigenvalue weighted by Crippen LogP contribution is -2.08. The van der Waals surface area contributed by atoms with Crippen LogP contribution in [0.25, 0.3) is 6.08 Å². The van der Waals surface area contributed by atoms with E-state index < -0.39 is 5.97 Å². The smallest absolute Gasteiger partial charge is 0.309 e. The predicted octanol–water partition coefficient (Wildman–Crippen LogP) is 4.21. The molecule has 1 heterocycles. The number of para-hydroxylation sites is 1. The standard InChI is InChI=1S/C20H16N2O4S/c23-18(22-20-21-15(13-27-20)12-19(24)25)10-9-14-5-4-8-17(11-14)26-16-6-2-1-3-7-16/h1-11,13H,12H2,(H,24,25)(H,21,22,23)/b10-9+. The van der Waals surface area contributed by atoms with Gasteiger partial charge in [-0.25, -0.2) is 4.98 Å². The molecule has 27 heavy (non-hydrogen) atoms. The average Bonchev–Trinajstić information content (AvgIpc) is 3.07. The first-order chi connectivity index (χ1) is 13.1. The summed E-state index contributed by atoms with van der Waals surface area (Å²) in [6.45, 7) is 0. The van der Waals surface area contributed by atoms with Crippen LogP contribution in [-0.4, -0.2) is 22.0 Å². The Balaban J connectivity index is 1.60. The van der Waals surface area contributed by atoms with Gasteiger partial charge in [0.05, 0.1) is 12.1 Å². The Morgan fingerprint density at radius 3 is 2.67 bits per heavy atom. The minimum atomic E-state index is -0.962. The Labute approximate surface area is 159 Å². The SMILES string of the molecule is O=C(O)Cc1csc(NC(=O)/C=C/c2cccc(Oc3ccccc3)c2)n1. The number of nitrogens with zero attached hydrogens (tertiary/aromatic N) is 1. The number of carbonyl (C=O) groups excluding carboxylic acids is 1. The summed E-state index contributed by atoms with van der Waals surface area (Å²) in [6, 6.07) is 16.8. The second kappa shape index (κ2) is 8.77. The lowest BCUT2D eigenvalue weighted by atomic mass is 10.2. The highest BCUT2D eigenvalue weighted by Gasteiger charge is 2.07. The van der Waals surface area contributed by atoms with Crippen LogP contribution >= 0.6 is 11.3 Å². The lowest BCUT2D eigenvalue weighted by Gasteiger charge is -2.05. The largest absolute Gasteiger partial charge is 0.481 e. The maximum absolute atomic E-state index is 12.0. The molecule has 2 N–H and O–H groups in total. The number of aromatic nitrogens is 1. The number of nitrogens with one attached hydrogen (secondary N) is 1. The number of thiazole rings is 1. The molecule has 0 spiro atoms. The van der Waals surface area contributed by atoms with Crippen molar-refractivity contribution in [2.24, 2.45) is 0 Å². The molecule has 0 unspecified atom stereocenters. The van der Waals surface area contributed by atoms with Crippen molar-refractivity contribution < 1.29 is 19.4 Å². The van der Waals surface area contributed by atoms with Crippen LogP contribution in [-0.2, 0) is 16.0 Å². The molecule has 7 heteroatoms. The van der Waals surface area contributed by atoms with E-state index in [-0.39, 0.29) is 12.3 Å². The van der Waals surface area contributed by atoms with E-state index in [9.17, 15) is 9.59 Å². The Morgan fingerprint density at radius 1 is 1.11 bits per heavy atom. The van der Waals surface area contributed by atoms with Crippen LogP contribution in [0.3, 0.4) is 0 Å². The summed E-state index contributed by atoms with van der Waals surface area (Å²) < 4.78 is 5.77. The minimum absolute atomic E-state index is 0.170. The molecule has 2 aromatic carbocycles. The van der Waals surface area contributed by atoms with Gasteiger partial charge in [0.2, 0.25) is 5.91 Å². The second-order valence-corrected chi connectivity index (χ2v) is 6.38. The van der Waals surface area contributed by atoms with Crippen LogP contribution in [0.1, 0.15) is 11.3 Å². The first kappa shape index (κ1) is 18.3. The second-order valence-electron chi connectivity index (χ2n) is 5.52. The van der Waals surface area contributed by atoms with Crippen LogP contribution in [0.5, 0.6) is 11.5 Å². The van der Waals surface area contributed by atoms with Crippen LogP contribution in [0.2, 0.25) is 0 Å². The molecule has 0 saturated carbocycles.